The van der Waals surface area contributed by atoms with Gasteiger partial charge in [-0.15, -0.1) is 0 Å². The van der Waals surface area contributed by atoms with E-state index in [0.29, 0.717) is 20.1 Å². The molecule has 0 saturated carbocycles. The first-order valence-electron chi connectivity index (χ1n) is 5.64. The lowest BCUT2D eigenvalue weighted by molar-refractivity contribution is 0.885. The minimum absolute atomic E-state index is 0.0233. The van der Waals surface area contributed by atoms with Crippen molar-refractivity contribution in [2.75, 3.05) is 5.32 Å². The molecule has 0 spiro atoms. The second-order valence-electron chi connectivity index (χ2n) is 4.16. The lowest BCUT2D eigenvalue weighted by atomic mass is 10.1. The van der Waals surface area contributed by atoms with Gasteiger partial charge in [0.05, 0.1) is 16.8 Å². The molecule has 0 radical (unpaired) electrons. The summed E-state index contributed by atoms with van der Waals surface area (Å²) in [5.74, 6) is 0. The highest BCUT2D eigenvalue weighted by Gasteiger charge is 2.12. The third-order valence-corrected chi connectivity index (χ3v) is 3.85. The Labute approximate surface area is 132 Å². The molecule has 0 amide bonds. The summed E-state index contributed by atoms with van der Waals surface area (Å²) >= 11 is 24.1. The number of benzene rings is 2. The van der Waals surface area contributed by atoms with Crippen molar-refractivity contribution >= 4 is 52.1 Å². The quantitative estimate of drug-likeness (QED) is 0.677. The average Bonchev–Trinajstić information content (AvgIpc) is 2.35. The van der Waals surface area contributed by atoms with Crippen molar-refractivity contribution < 1.29 is 0 Å². The molecule has 0 heterocycles. The zero-order valence-corrected chi connectivity index (χ0v) is 13.1. The van der Waals surface area contributed by atoms with Gasteiger partial charge in [-0.1, -0.05) is 46.4 Å². The highest BCUT2D eigenvalue weighted by molar-refractivity contribution is 6.36. The van der Waals surface area contributed by atoms with Gasteiger partial charge in [-0.2, -0.15) is 0 Å². The van der Waals surface area contributed by atoms with Crippen LogP contribution in [0.25, 0.3) is 0 Å². The van der Waals surface area contributed by atoms with Crippen LogP contribution in [0, 0.1) is 0 Å². The lowest BCUT2D eigenvalue weighted by Gasteiger charge is -2.18. The number of halogens is 4. The van der Waals surface area contributed by atoms with Crippen molar-refractivity contribution in [3.63, 3.8) is 0 Å². The van der Waals surface area contributed by atoms with E-state index in [-0.39, 0.29) is 6.04 Å². The van der Waals surface area contributed by atoms with Gasteiger partial charge < -0.3 is 5.32 Å². The minimum Gasteiger partial charge on any atom is -0.377 e. The molecule has 2 aromatic carbocycles. The lowest BCUT2D eigenvalue weighted by Crippen LogP contribution is -2.07. The van der Waals surface area contributed by atoms with E-state index in [9.17, 15) is 0 Å². The van der Waals surface area contributed by atoms with E-state index in [1.807, 2.05) is 19.1 Å². The molecule has 2 rings (SSSR count). The third kappa shape index (κ3) is 3.70. The number of anilines is 1. The molecule has 2 aromatic rings. The van der Waals surface area contributed by atoms with Crippen molar-refractivity contribution in [2.45, 2.75) is 13.0 Å². The fraction of sp³-hybridized carbons (Fsp3) is 0.143. The summed E-state index contributed by atoms with van der Waals surface area (Å²) < 4.78 is 0. The zero-order valence-electron chi connectivity index (χ0n) is 10.1. The molecule has 0 aliphatic carbocycles. The smallest absolute Gasteiger partial charge is 0.0652 e. The molecular weight excluding hydrogens is 324 g/mol. The van der Waals surface area contributed by atoms with Crippen LogP contribution in [0.2, 0.25) is 20.1 Å². The van der Waals surface area contributed by atoms with Gasteiger partial charge >= 0.3 is 0 Å². The SMILES string of the molecule is CC(Nc1ccc(Cl)cc1Cl)c1cc(Cl)ccc1Cl. The van der Waals surface area contributed by atoms with Crippen LogP contribution in [0.4, 0.5) is 5.69 Å². The van der Waals surface area contributed by atoms with E-state index in [2.05, 4.69) is 5.32 Å². The summed E-state index contributed by atoms with van der Waals surface area (Å²) in [6.45, 7) is 1.99. The summed E-state index contributed by atoms with van der Waals surface area (Å²) in [4.78, 5) is 0. The van der Waals surface area contributed by atoms with Gasteiger partial charge in [0, 0.05) is 15.1 Å². The molecule has 0 aliphatic heterocycles. The van der Waals surface area contributed by atoms with E-state index in [1.165, 1.54) is 0 Å². The van der Waals surface area contributed by atoms with Crippen LogP contribution >= 0.6 is 46.4 Å². The predicted molar refractivity (Wildman–Crippen MR) is 85.0 cm³/mol. The van der Waals surface area contributed by atoms with Gasteiger partial charge in [-0.05, 0) is 48.9 Å². The normalized spacial score (nSPS) is 12.3. The van der Waals surface area contributed by atoms with Crippen LogP contribution in [0.5, 0.6) is 0 Å². The molecule has 0 aliphatic rings. The Morgan fingerprint density at radius 2 is 1.47 bits per heavy atom. The molecule has 0 fully saturated rings. The number of hydrogen-bond acceptors (Lipinski definition) is 1. The van der Waals surface area contributed by atoms with Crippen LogP contribution in [0.3, 0.4) is 0 Å². The Morgan fingerprint density at radius 1 is 0.842 bits per heavy atom. The van der Waals surface area contributed by atoms with Crippen LogP contribution in [-0.4, -0.2) is 0 Å². The maximum Gasteiger partial charge on any atom is 0.0652 e. The van der Waals surface area contributed by atoms with Gasteiger partial charge in [0.15, 0.2) is 0 Å². The Kier molecular flexibility index (Phi) is 4.86. The molecule has 1 N–H and O–H groups in total. The van der Waals surface area contributed by atoms with E-state index in [1.54, 1.807) is 24.3 Å². The molecule has 100 valence electrons. The van der Waals surface area contributed by atoms with Crippen LogP contribution in [0.1, 0.15) is 18.5 Å². The van der Waals surface area contributed by atoms with E-state index in [0.717, 1.165) is 11.3 Å². The van der Waals surface area contributed by atoms with Crippen molar-refractivity contribution in [3.8, 4) is 0 Å². The zero-order chi connectivity index (χ0) is 14.0. The molecular formula is C14H11Cl4N. The standard InChI is InChI=1S/C14H11Cl4N/c1-8(11-6-9(15)2-4-12(11)17)19-14-5-3-10(16)7-13(14)18/h2-8,19H,1H3. The Bertz CT molecular complexity index is 598. The van der Waals surface area contributed by atoms with Crippen molar-refractivity contribution in [2.24, 2.45) is 0 Å². The van der Waals surface area contributed by atoms with Gasteiger partial charge in [-0.3, -0.25) is 0 Å². The maximum atomic E-state index is 6.17. The van der Waals surface area contributed by atoms with E-state index < -0.39 is 0 Å². The Hall–Kier alpha value is -0.600. The number of nitrogens with one attached hydrogen (secondary N) is 1. The highest BCUT2D eigenvalue weighted by Crippen LogP contribution is 2.32. The molecule has 5 heteroatoms. The molecule has 0 aromatic heterocycles. The second-order valence-corrected chi connectivity index (χ2v) is 5.84. The van der Waals surface area contributed by atoms with Crippen LogP contribution in [0.15, 0.2) is 36.4 Å². The summed E-state index contributed by atoms with van der Waals surface area (Å²) in [5.41, 5.74) is 1.72. The van der Waals surface area contributed by atoms with E-state index in [4.69, 9.17) is 46.4 Å². The molecule has 19 heavy (non-hydrogen) atoms. The minimum atomic E-state index is -0.0233. The van der Waals surface area contributed by atoms with Crippen molar-refractivity contribution in [1.82, 2.24) is 0 Å². The summed E-state index contributed by atoms with van der Waals surface area (Å²) in [6.07, 6.45) is 0. The molecule has 0 saturated heterocycles. The molecule has 1 unspecified atom stereocenters. The molecule has 1 atom stereocenters. The van der Waals surface area contributed by atoms with Crippen LogP contribution < -0.4 is 5.32 Å². The summed E-state index contributed by atoms with van der Waals surface area (Å²) in [5, 5.41) is 5.77. The first-order valence-corrected chi connectivity index (χ1v) is 7.15. The third-order valence-electron chi connectivity index (χ3n) is 2.73. The van der Waals surface area contributed by atoms with Crippen molar-refractivity contribution in [3.05, 3.63) is 62.1 Å². The van der Waals surface area contributed by atoms with Crippen LogP contribution in [-0.2, 0) is 0 Å². The van der Waals surface area contributed by atoms with Gasteiger partial charge in [0.25, 0.3) is 0 Å². The summed E-state index contributed by atoms with van der Waals surface area (Å²) in [7, 11) is 0. The highest BCUT2D eigenvalue weighted by atomic mass is 35.5. The van der Waals surface area contributed by atoms with Gasteiger partial charge in [0.1, 0.15) is 0 Å². The van der Waals surface area contributed by atoms with Crippen molar-refractivity contribution in [1.29, 1.82) is 0 Å². The maximum absolute atomic E-state index is 6.17. The number of rotatable bonds is 3. The Morgan fingerprint density at radius 3 is 2.16 bits per heavy atom. The fourth-order valence-electron chi connectivity index (χ4n) is 1.76. The topological polar surface area (TPSA) is 12.0 Å². The molecule has 1 nitrogen and oxygen atoms in total. The second kappa shape index (κ2) is 6.23. The van der Waals surface area contributed by atoms with Gasteiger partial charge in [-0.25, -0.2) is 0 Å². The average molecular weight is 335 g/mol. The summed E-state index contributed by atoms with van der Waals surface area (Å²) in [6, 6.07) is 10.7. The first-order chi connectivity index (χ1) is 8.97. The fourth-order valence-corrected chi connectivity index (χ4v) is 2.69. The molecule has 0 bridgehead atoms. The van der Waals surface area contributed by atoms with E-state index >= 15 is 0 Å². The van der Waals surface area contributed by atoms with Gasteiger partial charge in [0.2, 0.25) is 0 Å². The first kappa shape index (κ1) is 14.8. The monoisotopic (exact) mass is 333 g/mol. The Balaban J connectivity index is 2.25. The number of hydrogen-bond donors (Lipinski definition) is 1. The predicted octanol–water partition coefficient (Wildman–Crippen LogP) is 6.47. The largest absolute Gasteiger partial charge is 0.377 e.